The number of methoxy groups -OCH3 is 1. The van der Waals surface area contributed by atoms with Crippen molar-refractivity contribution in [1.82, 2.24) is 4.90 Å². The molecule has 0 saturated heterocycles. The summed E-state index contributed by atoms with van der Waals surface area (Å²) in [4.78, 5) is 26.0. The van der Waals surface area contributed by atoms with Crippen molar-refractivity contribution in [3.8, 4) is 0 Å². The van der Waals surface area contributed by atoms with Gasteiger partial charge in [0.25, 0.3) is 0 Å². The Kier molecular flexibility index (Phi) is 4.27. The maximum atomic E-state index is 12.4. The Balaban J connectivity index is 2.42. The second-order valence-corrected chi connectivity index (χ2v) is 5.07. The lowest BCUT2D eigenvalue weighted by molar-refractivity contribution is -0.122. The molecule has 5 heteroatoms. The molecule has 0 aliphatic carbocycles. The van der Waals surface area contributed by atoms with E-state index in [1.165, 1.54) is 12.0 Å². The van der Waals surface area contributed by atoms with Crippen LogP contribution in [0.25, 0.3) is 0 Å². The van der Waals surface area contributed by atoms with E-state index in [0.717, 1.165) is 17.7 Å². The first kappa shape index (κ1) is 14.4. The van der Waals surface area contributed by atoms with E-state index >= 15 is 0 Å². The maximum absolute atomic E-state index is 12.4. The number of fused-ring (bicyclic) bond motifs is 1. The van der Waals surface area contributed by atoms with E-state index in [1.807, 2.05) is 38.1 Å². The van der Waals surface area contributed by atoms with Crippen LogP contribution in [0.1, 0.15) is 25.8 Å². The molecule has 1 heterocycles. The van der Waals surface area contributed by atoms with Crippen molar-refractivity contribution in [2.24, 2.45) is 5.92 Å². The molecule has 1 aromatic carbocycles. The van der Waals surface area contributed by atoms with Gasteiger partial charge in [-0.25, -0.2) is 4.79 Å². The Hall–Kier alpha value is -2.04. The zero-order valence-electron chi connectivity index (χ0n) is 12.1. The van der Waals surface area contributed by atoms with Gasteiger partial charge in [0.15, 0.2) is 0 Å². The molecule has 108 valence electrons. The summed E-state index contributed by atoms with van der Waals surface area (Å²) in [7, 11) is 1.34. The molecule has 0 bridgehead atoms. The molecule has 20 heavy (non-hydrogen) atoms. The van der Waals surface area contributed by atoms with Gasteiger partial charge in [0.2, 0.25) is 5.91 Å². The molecular weight excluding hydrogens is 256 g/mol. The molecule has 1 aliphatic rings. The molecule has 0 radical (unpaired) electrons. The topological polar surface area (TPSA) is 58.6 Å². The minimum Gasteiger partial charge on any atom is -0.453 e. The second-order valence-electron chi connectivity index (χ2n) is 5.07. The van der Waals surface area contributed by atoms with Gasteiger partial charge in [0, 0.05) is 5.69 Å². The molecular formula is C15H20N2O3. The number of hydrogen-bond acceptors (Lipinski definition) is 3. The number of nitrogens with one attached hydrogen (secondary N) is 1. The number of hydrogen-bond donors (Lipinski definition) is 1. The van der Waals surface area contributed by atoms with Crippen LogP contribution in [0.15, 0.2) is 24.3 Å². The van der Waals surface area contributed by atoms with Gasteiger partial charge in [-0.1, -0.05) is 38.5 Å². The highest BCUT2D eigenvalue weighted by Gasteiger charge is 2.37. The summed E-state index contributed by atoms with van der Waals surface area (Å²) in [6, 6.07) is 7.00. The molecule has 0 fully saturated rings. The van der Waals surface area contributed by atoms with Gasteiger partial charge in [-0.2, -0.15) is 0 Å². The Labute approximate surface area is 118 Å². The summed E-state index contributed by atoms with van der Waals surface area (Å²) in [6.07, 6.45) is 0.337. The minimum absolute atomic E-state index is 0.0587. The van der Waals surface area contributed by atoms with Crippen molar-refractivity contribution in [3.63, 3.8) is 0 Å². The molecule has 0 saturated carbocycles. The van der Waals surface area contributed by atoms with Crippen molar-refractivity contribution >= 4 is 17.7 Å². The number of carbonyl (C=O) groups excluding carboxylic acids is 2. The summed E-state index contributed by atoms with van der Waals surface area (Å²) >= 11 is 0. The predicted molar refractivity (Wildman–Crippen MR) is 76.3 cm³/mol. The average Bonchev–Trinajstić information content (AvgIpc) is 2.61. The molecule has 2 amide bonds. The third-order valence-corrected chi connectivity index (χ3v) is 3.81. The summed E-state index contributed by atoms with van der Waals surface area (Å²) in [6.45, 7) is 4.35. The van der Waals surface area contributed by atoms with E-state index in [-0.39, 0.29) is 11.8 Å². The lowest BCUT2D eigenvalue weighted by atomic mass is 9.97. The van der Waals surface area contributed by atoms with Crippen LogP contribution >= 0.6 is 0 Å². The van der Waals surface area contributed by atoms with E-state index in [9.17, 15) is 9.59 Å². The molecule has 1 unspecified atom stereocenters. The largest absolute Gasteiger partial charge is 0.453 e. The lowest BCUT2D eigenvalue weighted by Crippen LogP contribution is -2.48. The number of carbonyl (C=O) groups is 2. The number of rotatable bonds is 2. The van der Waals surface area contributed by atoms with Crippen LogP contribution in [-0.4, -0.2) is 30.1 Å². The van der Waals surface area contributed by atoms with Gasteiger partial charge in [0.05, 0.1) is 13.7 Å². The highest BCUT2D eigenvalue weighted by Crippen LogP contribution is 2.27. The quantitative estimate of drug-likeness (QED) is 0.903. The number of amides is 2. The standard InChI is InChI=1S/C15H20N2O3/c1-4-10(2)13-14(18)16-12-8-6-5-7-11(12)9-17(13)15(19)20-3/h5-8,10,13H,4,9H2,1-3H3,(H,16,18)/t10-,13?/m0/s1. The Morgan fingerprint density at radius 3 is 2.85 bits per heavy atom. The molecule has 1 N–H and O–H groups in total. The number of benzene rings is 1. The predicted octanol–water partition coefficient (Wildman–Crippen LogP) is 2.62. The highest BCUT2D eigenvalue weighted by molar-refractivity contribution is 5.98. The fourth-order valence-electron chi connectivity index (χ4n) is 2.49. The summed E-state index contributed by atoms with van der Waals surface area (Å²) in [5, 5.41) is 2.91. The number of ether oxygens (including phenoxy) is 1. The van der Waals surface area contributed by atoms with Crippen LogP contribution in [0.4, 0.5) is 10.5 Å². The van der Waals surface area contributed by atoms with Gasteiger partial charge in [-0.05, 0) is 17.5 Å². The van der Waals surface area contributed by atoms with Gasteiger partial charge >= 0.3 is 6.09 Å². The zero-order chi connectivity index (χ0) is 14.7. The number of nitrogens with zero attached hydrogens (tertiary/aromatic N) is 1. The van der Waals surface area contributed by atoms with E-state index in [0.29, 0.717) is 6.54 Å². The van der Waals surface area contributed by atoms with E-state index < -0.39 is 12.1 Å². The Morgan fingerprint density at radius 2 is 2.20 bits per heavy atom. The minimum atomic E-state index is -0.514. The van der Waals surface area contributed by atoms with Gasteiger partial charge in [0.1, 0.15) is 6.04 Å². The maximum Gasteiger partial charge on any atom is 0.410 e. The fourth-order valence-corrected chi connectivity index (χ4v) is 2.49. The highest BCUT2D eigenvalue weighted by atomic mass is 16.5. The zero-order valence-corrected chi connectivity index (χ0v) is 12.1. The first-order valence-electron chi connectivity index (χ1n) is 6.81. The molecule has 1 aliphatic heterocycles. The van der Waals surface area contributed by atoms with Gasteiger partial charge < -0.3 is 10.1 Å². The normalized spacial score (nSPS) is 19.6. The van der Waals surface area contributed by atoms with Crippen molar-refractivity contribution in [2.75, 3.05) is 12.4 Å². The smallest absolute Gasteiger partial charge is 0.410 e. The Bertz CT molecular complexity index is 516. The average molecular weight is 276 g/mol. The van der Waals surface area contributed by atoms with Crippen LogP contribution in [0.2, 0.25) is 0 Å². The van der Waals surface area contributed by atoms with Crippen LogP contribution in [-0.2, 0) is 16.1 Å². The van der Waals surface area contributed by atoms with Crippen LogP contribution < -0.4 is 5.32 Å². The fraction of sp³-hybridized carbons (Fsp3) is 0.467. The van der Waals surface area contributed by atoms with Crippen molar-refractivity contribution in [2.45, 2.75) is 32.9 Å². The van der Waals surface area contributed by atoms with Gasteiger partial charge in [-0.15, -0.1) is 0 Å². The molecule has 2 rings (SSSR count). The van der Waals surface area contributed by atoms with Crippen molar-refractivity contribution < 1.29 is 14.3 Å². The molecule has 1 aromatic rings. The van der Waals surface area contributed by atoms with Crippen LogP contribution in [0, 0.1) is 5.92 Å². The summed E-state index contributed by atoms with van der Waals surface area (Å²) < 4.78 is 4.84. The SMILES string of the molecule is CC[C@H](C)C1C(=O)Nc2ccccc2CN1C(=O)OC. The summed E-state index contributed by atoms with van der Waals surface area (Å²) in [5.41, 5.74) is 1.68. The van der Waals surface area contributed by atoms with Crippen molar-refractivity contribution in [1.29, 1.82) is 0 Å². The molecule has 0 aromatic heterocycles. The molecule has 2 atom stereocenters. The molecule has 0 spiro atoms. The molecule has 5 nitrogen and oxygen atoms in total. The Morgan fingerprint density at radius 1 is 1.50 bits per heavy atom. The second kappa shape index (κ2) is 5.94. The van der Waals surface area contributed by atoms with Gasteiger partial charge in [-0.3, -0.25) is 9.69 Å². The number of anilines is 1. The van der Waals surface area contributed by atoms with Crippen LogP contribution in [0.5, 0.6) is 0 Å². The van der Waals surface area contributed by atoms with Crippen LogP contribution in [0.3, 0.4) is 0 Å². The monoisotopic (exact) mass is 276 g/mol. The van der Waals surface area contributed by atoms with Crippen molar-refractivity contribution in [3.05, 3.63) is 29.8 Å². The lowest BCUT2D eigenvalue weighted by Gasteiger charge is -2.31. The van der Waals surface area contributed by atoms with E-state index in [1.54, 1.807) is 0 Å². The third-order valence-electron chi connectivity index (χ3n) is 3.81. The summed E-state index contributed by atoms with van der Waals surface area (Å²) in [5.74, 6) is -0.0990. The first-order chi connectivity index (χ1) is 9.58. The van der Waals surface area contributed by atoms with E-state index in [2.05, 4.69) is 5.32 Å². The first-order valence-corrected chi connectivity index (χ1v) is 6.81. The van der Waals surface area contributed by atoms with E-state index in [4.69, 9.17) is 4.74 Å². The number of para-hydroxylation sites is 1. The third kappa shape index (κ3) is 2.61.